The molecule has 9 rings (SSSR count). The summed E-state index contributed by atoms with van der Waals surface area (Å²) in [6.07, 6.45) is 12.5. The molecule has 2 unspecified atom stereocenters. The normalized spacial score (nSPS) is 30.9. The predicted molar refractivity (Wildman–Crippen MR) is 195 cm³/mol. The minimum atomic E-state index is -1.18. The minimum absolute atomic E-state index is 0.0195. The second kappa shape index (κ2) is 13.2. The minimum Gasteiger partial charge on any atom is -0.480 e. The first-order valence-corrected chi connectivity index (χ1v) is 19.2. The molecule has 3 aromatic heterocycles. The van der Waals surface area contributed by atoms with Gasteiger partial charge in [0.05, 0.1) is 57.4 Å². The van der Waals surface area contributed by atoms with Gasteiger partial charge < -0.3 is 29.0 Å². The van der Waals surface area contributed by atoms with E-state index in [0.29, 0.717) is 82.3 Å². The summed E-state index contributed by atoms with van der Waals surface area (Å²) in [5.41, 5.74) is 0.652. The van der Waals surface area contributed by atoms with Crippen LogP contribution >= 0.6 is 11.6 Å². The number of rotatable bonds is 7. The van der Waals surface area contributed by atoms with Crippen molar-refractivity contribution in [2.45, 2.75) is 102 Å². The number of aliphatic hydroxyl groups is 1. The number of likely N-dealkylation sites (tertiary alicyclic amines) is 1. The fraction of sp³-hybridized carbons (Fsp3) is 0.632. The molecule has 5 aliphatic rings. The molecule has 1 aromatic carbocycles. The highest BCUT2D eigenvalue weighted by Gasteiger charge is 2.51. The monoisotopic (exact) mass is 735 g/mol. The Morgan fingerprint density at radius 3 is 2.73 bits per heavy atom. The van der Waals surface area contributed by atoms with Crippen molar-refractivity contribution in [1.29, 1.82) is 0 Å². The first kappa shape index (κ1) is 34.4. The third-order valence-electron chi connectivity index (χ3n) is 12.4. The number of benzene rings is 1. The van der Waals surface area contributed by atoms with E-state index in [0.717, 1.165) is 51.5 Å². The van der Waals surface area contributed by atoms with E-state index in [1.807, 2.05) is 11.8 Å². The van der Waals surface area contributed by atoms with Crippen LogP contribution in [-0.2, 0) is 9.47 Å². The number of aromatic nitrogens is 5. The highest BCUT2D eigenvalue weighted by Crippen LogP contribution is 2.51. The second-order valence-electron chi connectivity index (χ2n) is 16.0. The fourth-order valence-corrected chi connectivity index (χ4v) is 10.2. The third-order valence-corrected chi connectivity index (χ3v) is 12.8. The van der Waals surface area contributed by atoms with Gasteiger partial charge in [0.1, 0.15) is 28.0 Å². The number of anilines is 1. The topological polar surface area (TPSA) is 131 Å². The zero-order valence-corrected chi connectivity index (χ0v) is 30.8. The Balaban J connectivity index is 1.14. The number of β-amino-alcohol motifs (C(OH)–C–C–N with tert-alkyl or cyclic N) is 1. The molecule has 7 heterocycles. The number of aromatic amines is 1. The van der Waals surface area contributed by atoms with Crippen LogP contribution in [0, 0.1) is 18.2 Å². The van der Waals surface area contributed by atoms with E-state index in [9.17, 15) is 5.11 Å². The maximum absolute atomic E-state index is 17.3. The second-order valence-corrected chi connectivity index (χ2v) is 16.4. The molecule has 2 N–H and O–H groups in total. The third kappa shape index (κ3) is 5.87. The van der Waals surface area contributed by atoms with Crippen LogP contribution in [0.4, 0.5) is 10.2 Å². The zero-order chi connectivity index (χ0) is 35.8. The molecule has 0 spiro atoms. The van der Waals surface area contributed by atoms with Crippen LogP contribution in [0.3, 0.4) is 0 Å². The van der Waals surface area contributed by atoms with E-state index in [-0.39, 0.29) is 41.7 Å². The molecule has 1 saturated carbocycles. The van der Waals surface area contributed by atoms with Crippen LogP contribution < -0.4 is 14.4 Å². The van der Waals surface area contributed by atoms with Gasteiger partial charge in [0.25, 0.3) is 0 Å². The van der Waals surface area contributed by atoms with Gasteiger partial charge in [-0.1, -0.05) is 18.0 Å². The lowest BCUT2D eigenvalue weighted by Gasteiger charge is -2.50. The molecule has 5 atom stereocenters. The molecule has 14 heteroatoms. The standard InChI is InChI=1S/C38H47ClFN7O5/c1-21-26(39)16-27-25(17-41-45-27)29(21)32-31(40)33-30(35(42-32)49-3)34(46-12-13-50-19-37(2,48)18-46)44-36(43-33)51-20-38-9-4-6-28(38)47(11-5-10-38)22-14-23-7-8-24(15-22)52-23/h16-17,22-24,28,48H,4-15,18-20H2,1-3H3,(H,41,45)/t22?,23?,24?,28-,37+,38-/m1/s1. The summed E-state index contributed by atoms with van der Waals surface area (Å²) >= 11 is 6.65. The van der Waals surface area contributed by atoms with Crippen molar-refractivity contribution >= 4 is 39.2 Å². The highest BCUT2D eigenvalue weighted by atomic mass is 35.5. The molecule has 0 amide bonds. The molecule has 0 radical (unpaired) electrons. The molecule has 2 bridgehead atoms. The van der Waals surface area contributed by atoms with E-state index in [1.54, 1.807) is 19.2 Å². The van der Waals surface area contributed by atoms with Gasteiger partial charge in [0.15, 0.2) is 5.82 Å². The molecule has 52 heavy (non-hydrogen) atoms. The van der Waals surface area contributed by atoms with E-state index in [4.69, 9.17) is 45.5 Å². The zero-order valence-electron chi connectivity index (χ0n) is 30.1. The van der Waals surface area contributed by atoms with E-state index in [1.165, 1.54) is 20.0 Å². The van der Waals surface area contributed by atoms with Gasteiger partial charge in [-0.2, -0.15) is 15.1 Å². The van der Waals surface area contributed by atoms with Crippen molar-refractivity contribution in [3.8, 4) is 23.1 Å². The lowest BCUT2D eigenvalue weighted by atomic mass is 9.74. The number of hydrogen-bond donors (Lipinski definition) is 2. The van der Waals surface area contributed by atoms with Gasteiger partial charge in [-0.25, -0.2) is 9.37 Å². The molecular formula is C38H47ClFN7O5. The molecule has 4 aliphatic heterocycles. The largest absolute Gasteiger partial charge is 0.480 e. The number of nitrogens with zero attached hydrogens (tertiary/aromatic N) is 6. The molecular weight excluding hydrogens is 689 g/mol. The summed E-state index contributed by atoms with van der Waals surface area (Å²) in [5.74, 6) is -0.123. The number of halogens is 2. The summed E-state index contributed by atoms with van der Waals surface area (Å²) < 4.78 is 41.8. The van der Waals surface area contributed by atoms with Gasteiger partial charge in [0, 0.05) is 40.0 Å². The van der Waals surface area contributed by atoms with Gasteiger partial charge in [-0.15, -0.1) is 0 Å². The number of hydrogen-bond acceptors (Lipinski definition) is 11. The van der Waals surface area contributed by atoms with Crippen LogP contribution in [0.1, 0.15) is 70.3 Å². The first-order valence-electron chi connectivity index (χ1n) is 18.8. The maximum Gasteiger partial charge on any atom is 0.319 e. The predicted octanol–water partition coefficient (Wildman–Crippen LogP) is 5.99. The van der Waals surface area contributed by atoms with Crippen molar-refractivity contribution < 1.29 is 28.4 Å². The average molecular weight is 736 g/mol. The van der Waals surface area contributed by atoms with E-state index < -0.39 is 11.4 Å². The lowest BCUT2D eigenvalue weighted by molar-refractivity contribution is -0.0798. The fourth-order valence-electron chi connectivity index (χ4n) is 10.0. The summed E-state index contributed by atoms with van der Waals surface area (Å²) in [6, 6.07) is 2.81. The van der Waals surface area contributed by atoms with Crippen molar-refractivity contribution in [3.63, 3.8) is 0 Å². The molecule has 278 valence electrons. The summed E-state index contributed by atoms with van der Waals surface area (Å²) in [6.45, 7) is 6.21. The Morgan fingerprint density at radius 1 is 1.12 bits per heavy atom. The van der Waals surface area contributed by atoms with Gasteiger partial charge in [0.2, 0.25) is 5.88 Å². The van der Waals surface area contributed by atoms with Crippen molar-refractivity contribution in [3.05, 3.63) is 28.7 Å². The van der Waals surface area contributed by atoms with Gasteiger partial charge in [-0.3, -0.25) is 10.00 Å². The number of H-pyrrole nitrogens is 1. The Hall–Kier alpha value is -3.36. The highest BCUT2D eigenvalue weighted by molar-refractivity contribution is 6.33. The van der Waals surface area contributed by atoms with Crippen LogP contribution in [0.15, 0.2) is 12.3 Å². The van der Waals surface area contributed by atoms with Crippen LogP contribution in [0.25, 0.3) is 33.1 Å². The van der Waals surface area contributed by atoms with Gasteiger partial charge >= 0.3 is 6.01 Å². The Morgan fingerprint density at radius 2 is 1.92 bits per heavy atom. The van der Waals surface area contributed by atoms with E-state index in [2.05, 4.69) is 15.1 Å². The molecule has 12 nitrogen and oxygen atoms in total. The quantitative estimate of drug-likeness (QED) is 0.232. The van der Waals surface area contributed by atoms with Crippen LogP contribution in [0.5, 0.6) is 11.9 Å². The van der Waals surface area contributed by atoms with Crippen LogP contribution in [-0.4, -0.2) is 112 Å². The van der Waals surface area contributed by atoms with Crippen LogP contribution in [0.2, 0.25) is 5.02 Å². The summed E-state index contributed by atoms with van der Waals surface area (Å²) in [5, 5.41) is 19.7. The number of pyridine rings is 1. The van der Waals surface area contributed by atoms with Gasteiger partial charge in [-0.05, 0) is 83.4 Å². The number of ether oxygens (including phenoxy) is 4. The SMILES string of the molecule is COc1nc(-c2c(C)c(Cl)cc3[nH]ncc23)c(F)c2nc(OC[C@]34CCC[C@H]3N(C3CC5CCC(C3)O5)CCC4)nc(N3CCOC[C@@](C)(O)C3)c12. The first-order chi connectivity index (χ1) is 25.1. The van der Waals surface area contributed by atoms with Crippen molar-refractivity contribution in [1.82, 2.24) is 30.0 Å². The van der Waals surface area contributed by atoms with E-state index >= 15 is 4.39 Å². The number of methoxy groups -OCH3 is 1. The maximum atomic E-state index is 17.3. The number of fused-ring (bicyclic) bond motifs is 5. The smallest absolute Gasteiger partial charge is 0.319 e. The molecule has 1 aliphatic carbocycles. The summed E-state index contributed by atoms with van der Waals surface area (Å²) in [7, 11) is 1.50. The number of nitrogens with one attached hydrogen (secondary N) is 1. The number of piperidine rings is 1. The Bertz CT molecular complexity index is 2000. The summed E-state index contributed by atoms with van der Waals surface area (Å²) in [4.78, 5) is 19.2. The lowest BCUT2D eigenvalue weighted by Crippen LogP contribution is -2.57. The molecule has 5 fully saturated rings. The molecule has 4 aromatic rings. The Kier molecular flexibility index (Phi) is 8.73. The Labute approximate surface area is 307 Å². The van der Waals surface area contributed by atoms with Crippen molar-refractivity contribution in [2.75, 3.05) is 51.5 Å². The average Bonchev–Trinajstić information content (AvgIpc) is 3.84. The molecule has 4 saturated heterocycles. The van der Waals surface area contributed by atoms with Crippen molar-refractivity contribution in [2.24, 2.45) is 5.41 Å².